The van der Waals surface area contributed by atoms with Crippen LogP contribution in [-0.2, 0) is 16.4 Å². The molecular weight excluding hydrogens is 332 g/mol. The van der Waals surface area contributed by atoms with Crippen LogP contribution in [0.4, 0.5) is 0 Å². The minimum atomic E-state index is -3.63. The first-order valence-corrected chi connectivity index (χ1v) is 9.84. The SMILES string of the molecule is Cc1cnc2c(S(=O)(=O)N(C)[C@@H]3CCc4ccccc43)cccc2c1. The molecule has 0 bridgehead atoms. The Morgan fingerprint density at radius 3 is 2.76 bits per heavy atom. The largest absolute Gasteiger partial charge is 0.255 e. The average Bonchev–Trinajstić information content (AvgIpc) is 3.04. The molecule has 4 nitrogen and oxygen atoms in total. The van der Waals surface area contributed by atoms with Crippen molar-refractivity contribution < 1.29 is 8.42 Å². The Balaban J connectivity index is 1.81. The van der Waals surface area contributed by atoms with E-state index in [1.54, 1.807) is 25.4 Å². The molecule has 1 heterocycles. The van der Waals surface area contributed by atoms with Crippen molar-refractivity contribution in [3.05, 3.63) is 71.4 Å². The van der Waals surface area contributed by atoms with Gasteiger partial charge in [0.1, 0.15) is 4.90 Å². The number of nitrogens with zero attached hydrogens (tertiary/aromatic N) is 2. The van der Waals surface area contributed by atoms with E-state index in [9.17, 15) is 8.42 Å². The number of aryl methyl sites for hydroxylation is 2. The second-order valence-corrected chi connectivity index (χ2v) is 8.58. The molecule has 0 radical (unpaired) electrons. The van der Waals surface area contributed by atoms with E-state index < -0.39 is 10.0 Å². The monoisotopic (exact) mass is 352 g/mol. The van der Waals surface area contributed by atoms with Gasteiger partial charge in [0.25, 0.3) is 0 Å². The number of fused-ring (bicyclic) bond motifs is 2. The standard InChI is InChI=1S/C20H20N2O2S/c1-14-12-16-7-5-9-19(20(16)21-13-14)25(23,24)22(2)18-11-10-15-6-3-4-8-17(15)18/h3-9,12-13,18H,10-11H2,1-2H3/t18-/m1/s1. The Kier molecular flexibility index (Phi) is 3.85. The number of para-hydroxylation sites is 1. The van der Waals surface area contributed by atoms with Gasteiger partial charge in [0.05, 0.1) is 11.6 Å². The molecule has 0 fully saturated rings. The Hall–Kier alpha value is -2.24. The molecule has 0 N–H and O–H groups in total. The molecule has 0 saturated carbocycles. The Morgan fingerprint density at radius 2 is 1.92 bits per heavy atom. The average molecular weight is 352 g/mol. The van der Waals surface area contributed by atoms with Crippen molar-refractivity contribution in [2.24, 2.45) is 0 Å². The van der Waals surface area contributed by atoms with Gasteiger partial charge in [-0.2, -0.15) is 4.31 Å². The summed E-state index contributed by atoms with van der Waals surface area (Å²) in [7, 11) is -1.96. The van der Waals surface area contributed by atoms with Gasteiger partial charge in [-0.1, -0.05) is 36.4 Å². The van der Waals surface area contributed by atoms with Gasteiger partial charge in [-0.15, -0.1) is 0 Å². The molecule has 1 aliphatic rings. The van der Waals surface area contributed by atoms with Crippen molar-refractivity contribution in [2.45, 2.75) is 30.7 Å². The minimum absolute atomic E-state index is 0.123. The van der Waals surface area contributed by atoms with E-state index in [-0.39, 0.29) is 10.9 Å². The van der Waals surface area contributed by atoms with Crippen LogP contribution in [0.25, 0.3) is 10.9 Å². The predicted molar refractivity (Wildman–Crippen MR) is 98.9 cm³/mol. The molecule has 1 aromatic heterocycles. The maximum atomic E-state index is 13.3. The quantitative estimate of drug-likeness (QED) is 0.719. The lowest BCUT2D eigenvalue weighted by molar-refractivity contribution is 0.375. The van der Waals surface area contributed by atoms with Gasteiger partial charge in [-0.3, -0.25) is 4.98 Å². The molecule has 128 valence electrons. The number of hydrogen-bond acceptors (Lipinski definition) is 3. The van der Waals surface area contributed by atoms with E-state index in [1.165, 1.54) is 9.87 Å². The Morgan fingerprint density at radius 1 is 1.12 bits per heavy atom. The summed E-state index contributed by atoms with van der Waals surface area (Å²) >= 11 is 0. The number of sulfonamides is 1. The van der Waals surface area contributed by atoms with Crippen molar-refractivity contribution >= 4 is 20.9 Å². The Labute approximate surface area is 148 Å². The number of rotatable bonds is 3. The molecular formula is C20H20N2O2S. The smallest absolute Gasteiger partial charge is 0.245 e. The van der Waals surface area contributed by atoms with E-state index in [4.69, 9.17) is 0 Å². The van der Waals surface area contributed by atoms with Gasteiger partial charge >= 0.3 is 0 Å². The second kappa shape index (κ2) is 5.93. The van der Waals surface area contributed by atoms with Crippen molar-refractivity contribution in [3.63, 3.8) is 0 Å². The van der Waals surface area contributed by atoms with Crippen LogP contribution in [0.2, 0.25) is 0 Å². The van der Waals surface area contributed by atoms with Crippen molar-refractivity contribution in [1.29, 1.82) is 0 Å². The molecule has 0 saturated heterocycles. The number of pyridine rings is 1. The van der Waals surface area contributed by atoms with Crippen LogP contribution in [0.3, 0.4) is 0 Å². The molecule has 2 aromatic carbocycles. The van der Waals surface area contributed by atoms with E-state index in [0.29, 0.717) is 5.52 Å². The zero-order valence-electron chi connectivity index (χ0n) is 14.3. The molecule has 0 amide bonds. The van der Waals surface area contributed by atoms with Gasteiger partial charge in [-0.25, -0.2) is 8.42 Å². The number of hydrogen-bond donors (Lipinski definition) is 0. The fraction of sp³-hybridized carbons (Fsp3) is 0.250. The first-order chi connectivity index (χ1) is 12.0. The highest BCUT2D eigenvalue weighted by Gasteiger charge is 2.34. The van der Waals surface area contributed by atoms with Gasteiger partial charge < -0.3 is 0 Å². The molecule has 25 heavy (non-hydrogen) atoms. The third kappa shape index (κ3) is 2.64. The molecule has 5 heteroatoms. The summed E-state index contributed by atoms with van der Waals surface area (Å²) in [6.07, 6.45) is 3.44. The van der Waals surface area contributed by atoms with Gasteiger partial charge in [0.15, 0.2) is 0 Å². The second-order valence-electron chi connectivity index (χ2n) is 6.62. The maximum absolute atomic E-state index is 13.3. The van der Waals surface area contributed by atoms with E-state index in [0.717, 1.165) is 29.4 Å². The van der Waals surface area contributed by atoms with Crippen molar-refractivity contribution in [3.8, 4) is 0 Å². The fourth-order valence-corrected chi connectivity index (χ4v) is 5.22. The summed E-state index contributed by atoms with van der Waals surface area (Å²) in [5.41, 5.74) is 3.89. The summed E-state index contributed by atoms with van der Waals surface area (Å²) in [5.74, 6) is 0. The van der Waals surface area contributed by atoms with Crippen LogP contribution in [0, 0.1) is 6.92 Å². The predicted octanol–water partition coefficient (Wildman–Crippen LogP) is 3.85. The highest BCUT2D eigenvalue weighted by atomic mass is 32.2. The minimum Gasteiger partial charge on any atom is -0.255 e. The molecule has 1 atom stereocenters. The summed E-state index contributed by atoms with van der Waals surface area (Å²) < 4.78 is 28.1. The molecule has 0 aliphatic heterocycles. The zero-order valence-corrected chi connectivity index (χ0v) is 15.1. The lowest BCUT2D eigenvalue weighted by Gasteiger charge is -2.25. The highest BCUT2D eigenvalue weighted by molar-refractivity contribution is 7.89. The van der Waals surface area contributed by atoms with Gasteiger partial charge in [0.2, 0.25) is 10.0 Å². The zero-order chi connectivity index (χ0) is 17.6. The van der Waals surface area contributed by atoms with E-state index in [1.807, 2.05) is 37.3 Å². The van der Waals surface area contributed by atoms with Crippen LogP contribution in [0.15, 0.2) is 59.6 Å². The van der Waals surface area contributed by atoms with Crippen LogP contribution < -0.4 is 0 Å². The highest BCUT2D eigenvalue weighted by Crippen LogP contribution is 2.38. The van der Waals surface area contributed by atoms with Crippen LogP contribution in [0.5, 0.6) is 0 Å². The number of aromatic nitrogens is 1. The summed E-state index contributed by atoms with van der Waals surface area (Å²) in [6.45, 7) is 1.95. The summed E-state index contributed by atoms with van der Waals surface area (Å²) in [5, 5.41) is 0.848. The molecule has 0 unspecified atom stereocenters. The molecule has 1 aliphatic carbocycles. The first kappa shape index (κ1) is 16.2. The first-order valence-electron chi connectivity index (χ1n) is 8.40. The maximum Gasteiger partial charge on any atom is 0.245 e. The molecule has 4 rings (SSSR count). The summed E-state index contributed by atoms with van der Waals surface area (Å²) in [6, 6.07) is 15.3. The fourth-order valence-electron chi connectivity index (χ4n) is 3.69. The van der Waals surface area contributed by atoms with Crippen LogP contribution >= 0.6 is 0 Å². The van der Waals surface area contributed by atoms with Crippen LogP contribution in [0.1, 0.15) is 29.2 Å². The van der Waals surface area contributed by atoms with E-state index in [2.05, 4.69) is 11.1 Å². The van der Waals surface area contributed by atoms with Gasteiger partial charge in [-0.05, 0) is 48.6 Å². The number of benzene rings is 2. The van der Waals surface area contributed by atoms with Crippen molar-refractivity contribution in [2.75, 3.05) is 7.05 Å². The van der Waals surface area contributed by atoms with Crippen LogP contribution in [-0.4, -0.2) is 24.8 Å². The van der Waals surface area contributed by atoms with E-state index >= 15 is 0 Å². The molecule has 3 aromatic rings. The third-order valence-electron chi connectivity index (χ3n) is 5.01. The van der Waals surface area contributed by atoms with Gasteiger partial charge in [0, 0.05) is 18.6 Å². The lowest BCUT2D eigenvalue weighted by Crippen LogP contribution is -2.30. The normalized spacial score (nSPS) is 17.2. The Bertz CT molecular complexity index is 1060. The molecule has 0 spiro atoms. The topological polar surface area (TPSA) is 50.3 Å². The third-order valence-corrected chi connectivity index (χ3v) is 6.91. The lowest BCUT2D eigenvalue weighted by atomic mass is 10.1. The van der Waals surface area contributed by atoms with Crippen molar-refractivity contribution in [1.82, 2.24) is 9.29 Å². The summed E-state index contributed by atoms with van der Waals surface area (Å²) in [4.78, 5) is 4.67.